The average Bonchev–Trinajstić information content (AvgIpc) is 2.28. The highest BCUT2D eigenvalue weighted by Gasteiger charge is 2.08. The Balaban J connectivity index is 2.52. The molecule has 0 aliphatic carbocycles. The summed E-state index contributed by atoms with van der Waals surface area (Å²) in [5.41, 5.74) is 2.43. The molecule has 0 bridgehead atoms. The number of nitrogens with one attached hydrogen (secondary N) is 1. The SMILES string of the molecule is CCNC(CCc1ccc(C)cc1Cl)COC. The van der Waals surface area contributed by atoms with Crippen molar-refractivity contribution in [2.45, 2.75) is 32.7 Å². The van der Waals surface area contributed by atoms with Crippen LogP contribution in [-0.2, 0) is 11.2 Å². The van der Waals surface area contributed by atoms with E-state index in [1.165, 1.54) is 11.1 Å². The maximum Gasteiger partial charge on any atom is 0.0615 e. The van der Waals surface area contributed by atoms with E-state index in [0.717, 1.165) is 31.0 Å². The summed E-state index contributed by atoms with van der Waals surface area (Å²) in [7, 11) is 1.74. The third-order valence-electron chi connectivity index (χ3n) is 2.83. The zero-order valence-electron chi connectivity index (χ0n) is 10.9. The molecule has 1 unspecified atom stereocenters. The number of likely N-dealkylation sites (N-methyl/N-ethyl adjacent to an activating group) is 1. The van der Waals surface area contributed by atoms with Gasteiger partial charge in [-0.15, -0.1) is 0 Å². The van der Waals surface area contributed by atoms with Crippen molar-refractivity contribution < 1.29 is 4.74 Å². The van der Waals surface area contributed by atoms with E-state index in [1.807, 2.05) is 6.07 Å². The lowest BCUT2D eigenvalue weighted by atomic mass is 10.0. The minimum atomic E-state index is 0.405. The first-order valence-corrected chi connectivity index (χ1v) is 6.52. The Labute approximate surface area is 109 Å². The summed E-state index contributed by atoms with van der Waals surface area (Å²) < 4.78 is 5.20. The first kappa shape index (κ1) is 14.5. The highest BCUT2D eigenvalue weighted by Crippen LogP contribution is 2.19. The van der Waals surface area contributed by atoms with Gasteiger partial charge in [-0.2, -0.15) is 0 Å². The van der Waals surface area contributed by atoms with Gasteiger partial charge in [0.1, 0.15) is 0 Å². The molecule has 1 atom stereocenters. The standard InChI is InChI=1S/C14H22ClNO/c1-4-16-13(10-17-3)8-7-12-6-5-11(2)9-14(12)15/h5-6,9,13,16H,4,7-8,10H2,1-3H3. The molecule has 2 nitrogen and oxygen atoms in total. The zero-order chi connectivity index (χ0) is 12.7. The lowest BCUT2D eigenvalue weighted by Crippen LogP contribution is -2.33. The number of benzene rings is 1. The summed E-state index contributed by atoms with van der Waals surface area (Å²) in [6, 6.07) is 6.66. The highest BCUT2D eigenvalue weighted by atomic mass is 35.5. The van der Waals surface area contributed by atoms with Crippen molar-refractivity contribution in [1.82, 2.24) is 5.32 Å². The second kappa shape index (κ2) is 7.70. The van der Waals surface area contributed by atoms with Crippen LogP contribution >= 0.6 is 11.6 Å². The topological polar surface area (TPSA) is 21.3 Å². The summed E-state index contributed by atoms with van der Waals surface area (Å²) in [5.74, 6) is 0. The van der Waals surface area contributed by atoms with E-state index in [1.54, 1.807) is 7.11 Å². The molecule has 0 aromatic heterocycles. The molecule has 0 spiro atoms. The first-order chi connectivity index (χ1) is 8.17. The summed E-state index contributed by atoms with van der Waals surface area (Å²) in [6.07, 6.45) is 2.03. The minimum Gasteiger partial charge on any atom is -0.383 e. The molecule has 0 saturated carbocycles. The molecule has 0 aliphatic heterocycles. The number of ether oxygens (including phenoxy) is 1. The maximum atomic E-state index is 6.22. The summed E-state index contributed by atoms with van der Waals surface area (Å²) in [4.78, 5) is 0. The molecular formula is C14H22ClNO. The van der Waals surface area contributed by atoms with Crippen LogP contribution in [0.3, 0.4) is 0 Å². The van der Waals surface area contributed by atoms with Crippen LogP contribution in [-0.4, -0.2) is 26.3 Å². The van der Waals surface area contributed by atoms with E-state index in [9.17, 15) is 0 Å². The third kappa shape index (κ3) is 5.07. The normalized spacial score (nSPS) is 12.7. The van der Waals surface area contributed by atoms with Crippen molar-refractivity contribution in [1.29, 1.82) is 0 Å². The van der Waals surface area contributed by atoms with Crippen molar-refractivity contribution >= 4 is 11.6 Å². The van der Waals surface area contributed by atoms with Crippen LogP contribution in [0.15, 0.2) is 18.2 Å². The van der Waals surface area contributed by atoms with Crippen LogP contribution in [0.2, 0.25) is 5.02 Å². The smallest absolute Gasteiger partial charge is 0.0615 e. The molecule has 0 radical (unpaired) electrons. The average molecular weight is 256 g/mol. The number of rotatable bonds is 7. The molecule has 0 saturated heterocycles. The lowest BCUT2D eigenvalue weighted by molar-refractivity contribution is 0.163. The van der Waals surface area contributed by atoms with Crippen molar-refractivity contribution in [2.75, 3.05) is 20.3 Å². The van der Waals surface area contributed by atoms with E-state index < -0.39 is 0 Å². The van der Waals surface area contributed by atoms with Gasteiger partial charge < -0.3 is 10.1 Å². The van der Waals surface area contributed by atoms with E-state index in [2.05, 4.69) is 31.3 Å². The molecule has 0 aliphatic rings. The van der Waals surface area contributed by atoms with Crippen molar-refractivity contribution in [3.05, 3.63) is 34.3 Å². The lowest BCUT2D eigenvalue weighted by Gasteiger charge is -2.17. The summed E-state index contributed by atoms with van der Waals surface area (Å²) in [6.45, 7) is 5.89. The monoisotopic (exact) mass is 255 g/mol. The number of methoxy groups -OCH3 is 1. The molecule has 3 heteroatoms. The Morgan fingerprint density at radius 3 is 2.76 bits per heavy atom. The predicted octanol–water partition coefficient (Wildman–Crippen LogP) is 3.21. The Bertz CT molecular complexity index is 335. The number of hydrogen-bond donors (Lipinski definition) is 1. The Morgan fingerprint density at radius 2 is 2.18 bits per heavy atom. The van der Waals surface area contributed by atoms with Gasteiger partial charge >= 0.3 is 0 Å². The van der Waals surface area contributed by atoms with Crippen LogP contribution in [0.5, 0.6) is 0 Å². The van der Waals surface area contributed by atoms with Crippen molar-refractivity contribution in [2.24, 2.45) is 0 Å². The van der Waals surface area contributed by atoms with Gasteiger partial charge in [0, 0.05) is 18.2 Å². The zero-order valence-corrected chi connectivity index (χ0v) is 11.7. The van der Waals surface area contributed by atoms with E-state index in [0.29, 0.717) is 6.04 Å². The van der Waals surface area contributed by atoms with E-state index in [-0.39, 0.29) is 0 Å². The molecule has 1 N–H and O–H groups in total. The van der Waals surface area contributed by atoms with Crippen LogP contribution in [0.4, 0.5) is 0 Å². The fraction of sp³-hybridized carbons (Fsp3) is 0.571. The van der Waals surface area contributed by atoms with Gasteiger partial charge in [-0.3, -0.25) is 0 Å². The van der Waals surface area contributed by atoms with Crippen LogP contribution < -0.4 is 5.32 Å². The molecule has 96 valence electrons. The molecule has 0 fully saturated rings. The van der Waals surface area contributed by atoms with Crippen molar-refractivity contribution in [3.63, 3.8) is 0 Å². The van der Waals surface area contributed by atoms with Gasteiger partial charge in [0.05, 0.1) is 6.61 Å². The largest absolute Gasteiger partial charge is 0.383 e. The number of hydrogen-bond acceptors (Lipinski definition) is 2. The Kier molecular flexibility index (Phi) is 6.56. The molecule has 1 aromatic carbocycles. The second-order valence-corrected chi connectivity index (χ2v) is 4.75. The Hall–Kier alpha value is -0.570. The quantitative estimate of drug-likeness (QED) is 0.808. The highest BCUT2D eigenvalue weighted by molar-refractivity contribution is 6.31. The molecule has 0 heterocycles. The molecular weight excluding hydrogens is 234 g/mol. The number of aryl methyl sites for hydroxylation is 2. The first-order valence-electron chi connectivity index (χ1n) is 6.14. The van der Waals surface area contributed by atoms with Crippen LogP contribution in [0.1, 0.15) is 24.5 Å². The van der Waals surface area contributed by atoms with Gasteiger partial charge in [-0.25, -0.2) is 0 Å². The van der Waals surface area contributed by atoms with Gasteiger partial charge in [-0.05, 0) is 43.5 Å². The van der Waals surface area contributed by atoms with Crippen LogP contribution in [0.25, 0.3) is 0 Å². The fourth-order valence-electron chi connectivity index (χ4n) is 1.92. The summed E-state index contributed by atoms with van der Waals surface area (Å²) in [5, 5.41) is 4.29. The van der Waals surface area contributed by atoms with Gasteiger partial charge in [0.25, 0.3) is 0 Å². The molecule has 0 amide bonds. The van der Waals surface area contributed by atoms with Gasteiger partial charge in [0.15, 0.2) is 0 Å². The maximum absolute atomic E-state index is 6.22. The third-order valence-corrected chi connectivity index (χ3v) is 3.18. The van der Waals surface area contributed by atoms with Gasteiger partial charge in [0.2, 0.25) is 0 Å². The van der Waals surface area contributed by atoms with E-state index in [4.69, 9.17) is 16.3 Å². The predicted molar refractivity (Wildman–Crippen MR) is 73.9 cm³/mol. The fourth-order valence-corrected chi connectivity index (χ4v) is 2.25. The second-order valence-electron chi connectivity index (χ2n) is 4.34. The van der Waals surface area contributed by atoms with Crippen molar-refractivity contribution in [3.8, 4) is 0 Å². The van der Waals surface area contributed by atoms with Gasteiger partial charge in [-0.1, -0.05) is 30.7 Å². The minimum absolute atomic E-state index is 0.405. The Morgan fingerprint density at radius 1 is 1.41 bits per heavy atom. The summed E-state index contributed by atoms with van der Waals surface area (Å²) >= 11 is 6.22. The molecule has 17 heavy (non-hydrogen) atoms. The van der Waals surface area contributed by atoms with E-state index >= 15 is 0 Å². The molecule has 1 aromatic rings. The number of halogens is 1. The van der Waals surface area contributed by atoms with Crippen LogP contribution in [0, 0.1) is 6.92 Å². The molecule has 1 rings (SSSR count).